The molecule has 0 spiro atoms. The molecule has 11 heteroatoms. The van der Waals surface area contributed by atoms with Gasteiger partial charge in [-0.2, -0.15) is 18.4 Å². The van der Waals surface area contributed by atoms with Crippen molar-refractivity contribution in [3.8, 4) is 5.88 Å². The van der Waals surface area contributed by atoms with Gasteiger partial charge in [0, 0.05) is 17.8 Å². The molecule has 24 heavy (non-hydrogen) atoms. The van der Waals surface area contributed by atoms with Gasteiger partial charge in [0.25, 0.3) is 21.0 Å². The molecule has 0 radical (unpaired) electrons. The number of aromatic nitrogens is 4. The fourth-order valence-corrected chi connectivity index (χ4v) is 2.90. The number of sulfonamides is 1. The lowest BCUT2D eigenvalue weighted by atomic mass is 10.3. The molecule has 3 aromatic rings. The molecule has 0 bridgehead atoms. The molecule has 0 fully saturated rings. The lowest BCUT2D eigenvalue weighted by molar-refractivity contribution is 0.394. The Labute approximate surface area is 135 Å². The predicted molar refractivity (Wildman–Crippen MR) is 79.2 cm³/mol. The molecule has 0 aliphatic heterocycles. The highest BCUT2D eigenvalue weighted by molar-refractivity contribution is 7.92. The molecule has 126 valence electrons. The molecule has 0 saturated carbocycles. The smallest absolute Gasteiger partial charge is 0.299 e. The van der Waals surface area contributed by atoms with Crippen molar-refractivity contribution in [1.82, 2.24) is 19.6 Å². The van der Waals surface area contributed by atoms with E-state index in [1.54, 1.807) is 6.92 Å². The number of benzene rings is 1. The van der Waals surface area contributed by atoms with E-state index >= 15 is 0 Å². The van der Waals surface area contributed by atoms with Crippen LogP contribution in [0, 0.1) is 18.6 Å². The molecular weight excluding hydrogens is 344 g/mol. The Morgan fingerprint density at radius 2 is 2.00 bits per heavy atom. The van der Waals surface area contributed by atoms with Gasteiger partial charge in [0.1, 0.15) is 11.6 Å². The van der Waals surface area contributed by atoms with Crippen molar-refractivity contribution in [2.75, 3.05) is 11.8 Å². The first-order chi connectivity index (χ1) is 11.3. The molecule has 0 aliphatic carbocycles. The molecule has 2 heterocycles. The number of hydrogen-bond donors (Lipinski definition) is 1. The summed E-state index contributed by atoms with van der Waals surface area (Å²) < 4.78 is 59.4. The third-order valence-corrected chi connectivity index (χ3v) is 4.20. The molecule has 0 amide bonds. The molecule has 0 saturated heterocycles. The number of fused-ring (bicyclic) bond motifs is 1. The van der Waals surface area contributed by atoms with Crippen LogP contribution in [0.4, 0.5) is 14.5 Å². The molecule has 1 N–H and O–H groups in total. The van der Waals surface area contributed by atoms with Crippen LogP contribution in [0.3, 0.4) is 0 Å². The SMILES string of the molecule is COc1nc2nc(S(=O)(=O)Nc3cc(F)ccc3F)nn2cc1C. The third kappa shape index (κ3) is 2.85. The number of nitrogens with zero attached hydrogens (tertiary/aromatic N) is 4. The van der Waals surface area contributed by atoms with Crippen LogP contribution in [0.1, 0.15) is 5.56 Å². The molecule has 8 nitrogen and oxygen atoms in total. The van der Waals surface area contributed by atoms with E-state index in [1.165, 1.54) is 13.3 Å². The number of aryl methyl sites for hydroxylation is 1. The maximum Gasteiger partial charge on any atom is 0.299 e. The predicted octanol–water partition coefficient (Wildman–Crippen LogP) is 1.52. The Balaban J connectivity index is 2.03. The van der Waals surface area contributed by atoms with Crippen molar-refractivity contribution < 1.29 is 21.9 Å². The quantitative estimate of drug-likeness (QED) is 0.762. The van der Waals surface area contributed by atoms with Gasteiger partial charge in [-0.05, 0) is 19.1 Å². The summed E-state index contributed by atoms with van der Waals surface area (Å²) in [4.78, 5) is 7.78. The van der Waals surface area contributed by atoms with Gasteiger partial charge in [0.15, 0.2) is 0 Å². The van der Waals surface area contributed by atoms with Crippen molar-refractivity contribution in [1.29, 1.82) is 0 Å². The normalized spacial score (nSPS) is 11.7. The van der Waals surface area contributed by atoms with Crippen molar-refractivity contribution in [2.24, 2.45) is 0 Å². The average molecular weight is 355 g/mol. The second kappa shape index (κ2) is 5.67. The molecule has 1 aromatic carbocycles. The van der Waals surface area contributed by atoms with Crippen LogP contribution < -0.4 is 9.46 Å². The number of methoxy groups -OCH3 is 1. The highest BCUT2D eigenvalue weighted by atomic mass is 32.2. The van der Waals surface area contributed by atoms with E-state index in [2.05, 4.69) is 15.1 Å². The molecule has 2 aromatic heterocycles. The summed E-state index contributed by atoms with van der Waals surface area (Å²) in [6.07, 6.45) is 1.48. The first-order valence-electron chi connectivity index (χ1n) is 6.56. The zero-order chi connectivity index (χ0) is 17.5. The van der Waals surface area contributed by atoms with Gasteiger partial charge in [-0.25, -0.2) is 13.3 Å². The van der Waals surface area contributed by atoms with Gasteiger partial charge >= 0.3 is 0 Å². The minimum atomic E-state index is -4.33. The van der Waals surface area contributed by atoms with Gasteiger partial charge in [-0.1, -0.05) is 0 Å². The Bertz CT molecular complexity index is 1040. The summed E-state index contributed by atoms with van der Waals surface area (Å²) in [5.41, 5.74) is 0.0681. The molecule has 3 rings (SSSR count). The number of rotatable bonds is 4. The summed E-state index contributed by atoms with van der Waals surface area (Å²) in [6, 6.07) is 2.39. The zero-order valence-electron chi connectivity index (χ0n) is 12.5. The molecular formula is C13H11F2N5O3S. The van der Waals surface area contributed by atoms with Crippen molar-refractivity contribution in [2.45, 2.75) is 12.1 Å². The summed E-state index contributed by atoms with van der Waals surface area (Å²) in [5, 5.41) is 3.16. The van der Waals surface area contributed by atoms with Crippen LogP contribution in [0.15, 0.2) is 29.6 Å². The lowest BCUT2D eigenvalue weighted by Crippen LogP contribution is -2.16. The Morgan fingerprint density at radius 3 is 2.71 bits per heavy atom. The Kier molecular flexibility index (Phi) is 3.79. The van der Waals surface area contributed by atoms with E-state index < -0.39 is 32.5 Å². The van der Waals surface area contributed by atoms with Crippen molar-refractivity contribution in [3.05, 3.63) is 41.6 Å². The molecule has 0 atom stereocenters. The van der Waals surface area contributed by atoms with Crippen molar-refractivity contribution in [3.63, 3.8) is 0 Å². The zero-order valence-corrected chi connectivity index (χ0v) is 13.3. The summed E-state index contributed by atoms with van der Waals surface area (Å²) in [5.74, 6) is -1.47. The van der Waals surface area contributed by atoms with E-state index in [1.807, 2.05) is 4.72 Å². The van der Waals surface area contributed by atoms with Crippen LogP contribution in [-0.4, -0.2) is 35.1 Å². The fraction of sp³-hybridized carbons (Fsp3) is 0.154. The van der Waals surface area contributed by atoms with Crippen LogP contribution in [0.25, 0.3) is 5.78 Å². The average Bonchev–Trinajstić information content (AvgIpc) is 2.93. The Hall–Kier alpha value is -2.82. The van der Waals surface area contributed by atoms with Crippen LogP contribution in [-0.2, 0) is 10.0 Å². The van der Waals surface area contributed by atoms with Gasteiger partial charge in [0.05, 0.1) is 12.8 Å². The van der Waals surface area contributed by atoms with Crippen LogP contribution >= 0.6 is 0 Å². The molecule has 0 aliphatic rings. The van der Waals surface area contributed by atoms with Crippen LogP contribution in [0.5, 0.6) is 5.88 Å². The minimum absolute atomic E-state index is 0.0162. The number of ether oxygens (including phenoxy) is 1. The van der Waals surface area contributed by atoms with E-state index in [9.17, 15) is 17.2 Å². The van der Waals surface area contributed by atoms with Crippen molar-refractivity contribution >= 4 is 21.5 Å². The fourth-order valence-electron chi connectivity index (χ4n) is 1.96. The second-order valence-corrected chi connectivity index (χ2v) is 6.38. The number of hydrogen-bond acceptors (Lipinski definition) is 6. The summed E-state index contributed by atoms with van der Waals surface area (Å²) >= 11 is 0. The highest BCUT2D eigenvalue weighted by Gasteiger charge is 2.23. The maximum absolute atomic E-state index is 13.6. The standard InChI is InChI=1S/C13H11F2N5O3S/c1-7-6-20-12(16-11(7)23-2)17-13(18-20)24(21,22)19-10-5-8(14)3-4-9(10)15/h3-6,19H,1-2H3. The van der Waals surface area contributed by atoms with E-state index in [0.29, 0.717) is 11.6 Å². The first kappa shape index (κ1) is 16.1. The van der Waals surface area contributed by atoms with E-state index in [0.717, 1.165) is 16.6 Å². The molecule has 0 unspecified atom stereocenters. The second-order valence-electron chi connectivity index (χ2n) is 4.80. The number of halogens is 2. The largest absolute Gasteiger partial charge is 0.481 e. The third-order valence-electron chi connectivity index (χ3n) is 3.06. The van der Waals surface area contributed by atoms with Gasteiger partial charge < -0.3 is 4.74 Å². The van der Waals surface area contributed by atoms with E-state index in [-0.39, 0.29) is 11.7 Å². The van der Waals surface area contributed by atoms with Gasteiger partial charge in [-0.15, -0.1) is 5.10 Å². The summed E-state index contributed by atoms with van der Waals surface area (Å²) in [6.45, 7) is 1.70. The van der Waals surface area contributed by atoms with E-state index in [4.69, 9.17) is 4.74 Å². The highest BCUT2D eigenvalue weighted by Crippen LogP contribution is 2.20. The van der Waals surface area contributed by atoms with Gasteiger partial charge in [-0.3, -0.25) is 4.72 Å². The first-order valence-corrected chi connectivity index (χ1v) is 8.04. The van der Waals surface area contributed by atoms with Gasteiger partial charge in [0.2, 0.25) is 5.88 Å². The minimum Gasteiger partial charge on any atom is -0.481 e. The number of anilines is 1. The monoisotopic (exact) mass is 355 g/mol. The maximum atomic E-state index is 13.6. The van der Waals surface area contributed by atoms with Crippen LogP contribution in [0.2, 0.25) is 0 Å². The topological polar surface area (TPSA) is 98.5 Å². The number of nitrogens with one attached hydrogen (secondary N) is 1. The summed E-state index contributed by atoms with van der Waals surface area (Å²) in [7, 11) is -2.92. The Morgan fingerprint density at radius 1 is 1.25 bits per heavy atom. The lowest BCUT2D eigenvalue weighted by Gasteiger charge is -2.05.